The summed E-state index contributed by atoms with van der Waals surface area (Å²) in [6.07, 6.45) is -8.48. The largest absolute Gasteiger partial charge is 0.431 e. The molecule has 2 N–H and O–H groups in total. The van der Waals surface area contributed by atoms with E-state index in [0.29, 0.717) is 18.4 Å². The Morgan fingerprint density at radius 3 is 2.78 bits per heavy atom. The monoisotopic (exact) mass is 453 g/mol. The molecule has 1 amide bonds. The van der Waals surface area contributed by atoms with E-state index in [1.54, 1.807) is 0 Å². The van der Waals surface area contributed by atoms with E-state index in [-0.39, 0.29) is 29.1 Å². The van der Waals surface area contributed by atoms with Crippen molar-refractivity contribution in [3.63, 3.8) is 0 Å². The van der Waals surface area contributed by atoms with Crippen molar-refractivity contribution in [2.45, 2.75) is 30.9 Å². The number of amides is 1. The molecule has 2 aromatic heterocycles. The fourth-order valence-electron chi connectivity index (χ4n) is 4.21. The van der Waals surface area contributed by atoms with E-state index in [4.69, 9.17) is 0 Å². The number of piperidine rings is 1. The molecule has 0 bridgehead atoms. The molecule has 12 heteroatoms. The Hall–Kier alpha value is -3.28. The Labute approximate surface area is 177 Å². The van der Waals surface area contributed by atoms with Gasteiger partial charge in [0, 0.05) is 23.7 Å². The van der Waals surface area contributed by atoms with E-state index in [2.05, 4.69) is 25.5 Å². The summed E-state index contributed by atoms with van der Waals surface area (Å²) in [7, 11) is 0. The first kappa shape index (κ1) is 20.6. The van der Waals surface area contributed by atoms with Crippen LogP contribution in [0.25, 0.3) is 22.2 Å². The van der Waals surface area contributed by atoms with Gasteiger partial charge < -0.3 is 10.1 Å². The molecule has 2 aliphatic rings. The van der Waals surface area contributed by atoms with Crippen molar-refractivity contribution in [1.82, 2.24) is 20.1 Å². The first-order valence-electron chi connectivity index (χ1n) is 9.80. The van der Waals surface area contributed by atoms with E-state index in [1.165, 1.54) is 29.1 Å². The van der Waals surface area contributed by atoms with Gasteiger partial charge in [0.25, 0.3) is 0 Å². The van der Waals surface area contributed by atoms with Crippen molar-refractivity contribution in [1.29, 1.82) is 0 Å². The van der Waals surface area contributed by atoms with Crippen LogP contribution in [-0.2, 0) is 4.74 Å². The van der Waals surface area contributed by atoms with Gasteiger partial charge in [-0.05, 0) is 37.2 Å². The van der Waals surface area contributed by atoms with Gasteiger partial charge in [-0.1, -0.05) is 0 Å². The first-order chi connectivity index (χ1) is 15.2. The number of alkyl halides is 4. The van der Waals surface area contributed by atoms with Crippen LogP contribution in [0, 0.1) is 5.82 Å². The first-order valence-corrected chi connectivity index (χ1v) is 9.80. The van der Waals surface area contributed by atoms with Crippen LogP contribution in [0.3, 0.4) is 0 Å². The summed E-state index contributed by atoms with van der Waals surface area (Å²) in [5.74, 6) is -0.897. The number of pyridine rings is 1. The second-order valence-corrected chi connectivity index (χ2v) is 7.60. The summed E-state index contributed by atoms with van der Waals surface area (Å²) in [4.78, 5) is 15.5. The highest BCUT2D eigenvalue weighted by molar-refractivity contribution is 5.97. The SMILES string of the molecule is O=C1Nc2nccc(-c3nn([C@H]4CCNC[C@H]4F)c4cc(F)ccc34)c2[C@H](C(F)(F)F)O1. The Morgan fingerprint density at radius 2 is 2.03 bits per heavy atom. The normalized spacial score (nSPS) is 23.5. The average Bonchev–Trinajstić information content (AvgIpc) is 3.10. The van der Waals surface area contributed by atoms with Gasteiger partial charge in [-0.2, -0.15) is 18.3 Å². The molecule has 0 radical (unpaired) electrons. The lowest BCUT2D eigenvalue weighted by Gasteiger charge is -2.28. The van der Waals surface area contributed by atoms with E-state index < -0.39 is 42.0 Å². The summed E-state index contributed by atoms with van der Waals surface area (Å²) < 4.78 is 75.8. The molecule has 5 rings (SSSR count). The minimum absolute atomic E-state index is 0.00275. The highest BCUT2D eigenvalue weighted by Gasteiger charge is 2.49. The number of hydrogen-bond acceptors (Lipinski definition) is 5. The summed E-state index contributed by atoms with van der Waals surface area (Å²) >= 11 is 0. The topological polar surface area (TPSA) is 81.1 Å². The lowest BCUT2D eigenvalue weighted by Crippen LogP contribution is -2.39. The molecule has 4 heterocycles. The molecule has 168 valence electrons. The van der Waals surface area contributed by atoms with Crippen molar-refractivity contribution in [2.24, 2.45) is 0 Å². The third-order valence-corrected chi connectivity index (χ3v) is 5.61. The maximum atomic E-state index is 14.7. The second kappa shape index (κ2) is 7.40. The lowest BCUT2D eigenvalue weighted by atomic mass is 9.97. The number of hydrogen-bond donors (Lipinski definition) is 2. The van der Waals surface area contributed by atoms with E-state index >= 15 is 0 Å². The summed E-state index contributed by atoms with van der Waals surface area (Å²) in [6, 6.07) is 4.30. The minimum Gasteiger partial charge on any atom is -0.431 e. The predicted molar refractivity (Wildman–Crippen MR) is 103 cm³/mol. The summed E-state index contributed by atoms with van der Waals surface area (Å²) in [5.41, 5.74) is -0.0857. The van der Waals surface area contributed by atoms with Crippen molar-refractivity contribution in [2.75, 3.05) is 18.4 Å². The van der Waals surface area contributed by atoms with Crippen LogP contribution in [0.1, 0.15) is 24.1 Å². The molecule has 0 aliphatic carbocycles. The number of fused-ring (bicyclic) bond motifs is 2. The number of rotatable bonds is 2. The predicted octanol–water partition coefficient (Wildman–Crippen LogP) is 4.28. The van der Waals surface area contributed by atoms with E-state index in [9.17, 15) is 26.7 Å². The molecule has 1 saturated heterocycles. The Balaban J connectivity index is 1.75. The Morgan fingerprint density at radius 1 is 1.22 bits per heavy atom. The van der Waals surface area contributed by atoms with Crippen molar-refractivity contribution < 1.29 is 31.5 Å². The molecule has 32 heavy (non-hydrogen) atoms. The molecule has 1 fully saturated rings. The third kappa shape index (κ3) is 3.34. The van der Waals surface area contributed by atoms with Gasteiger partial charge in [-0.3, -0.25) is 10.00 Å². The van der Waals surface area contributed by atoms with Gasteiger partial charge in [-0.25, -0.2) is 18.6 Å². The van der Waals surface area contributed by atoms with Gasteiger partial charge >= 0.3 is 12.3 Å². The smallest absolute Gasteiger partial charge is 0.430 e. The number of cyclic esters (lactones) is 1. The number of nitrogens with one attached hydrogen (secondary N) is 2. The molecule has 0 unspecified atom stereocenters. The number of ether oxygens (including phenoxy) is 1. The minimum atomic E-state index is -4.91. The van der Waals surface area contributed by atoms with Gasteiger partial charge in [0.05, 0.1) is 17.1 Å². The van der Waals surface area contributed by atoms with Crippen molar-refractivity contribution in [3.05, 3.63) is 41.8 Å². The molecule has 3 aromatic rings. The number of carbonyl (C=O) groups is 1. The number of halogens is 5. The summed E-state index contributed by atoms with van der Waals surface area (Å²) in [5, 5.41) is 9.86. The molecule has 0 saturated carbocycles. The zero-order valence-electron chi connectivity index (χ0n) is 16.3. The van der Waals surface area contributed by atoms with Gasteiger partial charge in [0.2, 0.25) is 6.10 Å². The highest BCUT2D eigenvalue weighted by atomic mass is 19.4. The van der Waals surface area contributed by atoms with Crippen molar-refractivity contribution in [3.8, 4) is 11.3 Å². The Bertz CT molecular complexity index is 1210. The second-order valence-electron chi connectivity index (χ2n) is 7.60. The number of carbonyl (C=O) groups excluding carboxylic acids is 1. The standard InChI is InChI=1S/C20H16F5N5O2/c21-9-1-2-10-14(7-9)30(13-4-5-26-8-12(13)22)29-16(10)11-3-6-27-18-15(11)17(20(23,24)25)32-19(31)28-18/h1-3,6-7,12-13,17,26H,4-5,8H2,(H,27,28,31)/t12-,13+,17-/m1/s1. The molecule has 2 aliphatic heterocycles. The fourth-order valence-corrected chi connectivity index (χ4v) is 4.21. The van der Waals surface area contributed by atoms with Crippen LogP contribution in [-0.4, -0.2) is 46.3 Å². The van der Waals surface area contributed by atoms with Gasteiger partial charge in [0.1, 0.15) is 23.5 Å². The quantitative estimate of drug-likeness (QED) is 0.567. The maximum Gasteiger partial charge on any atom is 0.430 e. The molecule has 3 atom stereocenters. The number of aromatic nitrogens is 3. The molecule has 7 nitrogen and oxygen atoms in total. The molecule has 0 spiro atoms. The van der Waals surface area contributed by atoms with Crippen LogP contribution >= 0.6 is 0 Å². The average molecular weight is 453 g/mol. The van der Waals surface area contributed by atoms with Crippen LogP contribution in [0.2, 0.25) is 0 Å². The molecule has 1 aromatic carbocycles. The van der Waals surface area contributed by atoms with Gasteiger partial charge in [-0.15, -0.1) is 0 Å². The van der Waals surface area contributed by atoms with Crippen molar-refractivity contribution >= 4 is 22.8 Å². The fraction of sp³-hybridized carbons (Fsp3) is 0.350. The van der Waals surface area contributed by atoms with Gasteiger partial charge in [0.15, 0.2) is 0 Å². The molecular formula is C20H16F5N5O2. The highest BCUT2D eigenvalue weighted by Crippen LogP contribution is 2.46. The lowest BCUT2D eigenvalue weighted by molar-refractivity contribution is -0.206. The summed E-state index contributed by atoms with van der Waals surface area (Å²) in [6.45, 7) is 0.592. The van der Waals surface area contributed by atoms with Crippen LogP contribution in [0.5, 0.6) is 0 Å². The van der Waals surface area contributed by atoms with Crippen LogP contribution < -0.4 is 10.6 Å². The third-order valence-electron chi connectivity index (χ3n) is 5.61. The maximum absolute atomic E-state index is 14.7. The number of nitrogens with zero attached hydrogens (tertiary/aromatic N) is 3. The van der Waals surface area contributed by atoms with E-state index in [0.717, 1.165) is 6.07 Å². The van der Waals surface area contributed by atoms with Crippen LogP contribution in [0.4, 0.5) is 32.6 Å². The number of anilines is 1. The van der Waals surface area contributed by atoms with E-state index in [1.807, 2.05) is 0 Å². The Kier molecular flexibility index (Phi) is 4.77. The number of benzene rings is 1. The van der Waals surface area contributed by atoms with Crippen LogP contribution in [0.15, 0.2) is 30.5 Å². The zero-order chi connectivity index (χ0) is 22.6. The zero-order valence-corrected chi connectivity index (χ0v) is 16.3. The molecular weight excluding hydrogens is 437 g/mol.